The van der Waals surface area contributed by atoms with Crippen molar-refractivity contribution >= 4 is 17.3 Å². The Morgan fingerprint density at radius 2 is 2.23 bits per heavy atom. The molecule has 0 aliphatic rings. The van der Waals surface area contributed by atoms with Gasteiger partial charge in [-0.3, -0.25) is 4.21 Å². The summed E-state index contributed by atoms with van der Waals surface area (Å²) in [6, 6.07) is 7.49. The first-order valence-electron chi connectivity index (χ1n) is 3.77. The number of nitrogens with one attached hydrogen (secondary N) is 1. The van der Waals surface area contributed by atoms with E-state index < -0.39 is 11.3 Å². The summed E-state index contributed by atoms with van der Waals surface area (Å²) in [6.07, 6.45) is 1.70. The lowest BCUT2D eigenvalue weighted by molar-refractivity contribution is 0.522. The van der Waals surface area contributed by atoms with E-state index in [1.807, 2.05) is 24.3 Å². The van der Waals surface area contributed by atoms with Crippen LogP contribution in [-0.4, -0.2) is 8.76 Å². The van der Waals surface area contributed by atoms with Crippen LogP contribution in [0.5, 0.6) is 0 Å². The van der Waals surface area contributed by atoms with E-state index in [1.165, 1.54) is 0 Å². The average Bonchev–Trinajstić information content (AvgIpc) is 2.15. The van der Waals surface area contributed by atoms with Gasteiger partial charge < -0.3 is 4.55 Å². The van der Waals surface area contributed by atoms with E-state index in [0.717, 1.165) is 11.1 Å². The molecule has 0 fully saturated rings. The van der Waals surface area contributed by atoms with Crippen molar-refractivity contribution in [2.75, 3.05) is 0 Å². The molecule has 1 N–H and O–H groups in total. The van der Waals surface area contributed by atoms with Gasteiger partial charge >= 0.3 is 0 Å². The molecule has 0 aliphatic heterocycles. The molecule has 0 saturated carbocycles. The van der Waals surface area contributed by atoms with E-state index in [1.54, 1.807) is 6.08 Å². The number of rotatable bonds is 4. The summed E-state index contributed by atoms with van der Waals surface area (Å²) in [5.74, 6) is 0. The molecule has 0 heterocycles. The third kappa shape index (κ3) is 3.10. The van der Waals surface area contributed by atoms with Crippen LogP contribution in [0, 0.1) is 0 Å². The van der Waals surface area contributed by atoms with Crippen LogP contribution in [0.15, 0.2) is 30.8 Å². The van der Waals surface area contributed by atoms with Gasteiger partial charge in [0.1, 0.15) is 0 Å². The first-order chi connectivity index (χ1) is 6.24. The Kier molecular flexibility index (Phi) is 3.82. The molecule has 0 saturated heterocycles. The third-order valence-electron chi connectivity index (χ3n) is 1.66. The van der Waals surface area contributed by atoms with Crippen molar-refractivity contribution in [2.24, 2.45) is 0 Å². The predicted octanol–water partition coefficient (Wildman–Crippen LogP) is 1.21. The standard InChI is InChI=1S/C9H11NO2S/c1-2-8-5-3-4-6-9(8)7-10-13(11)12/h2-6,10H,1,7H2,(H,11,12)/p-1. The Morgan fingerprint density at radius 3 is 2.85 bits per heavy atom. The highest BCUT2D eigenvalue weighted by atomic mass is 32.2. The number of benzene rings is 1. The molecule has 3 nitrogen and oxygen atoms in total. The predicted molar refractivity (Wildman–Crippen MR) is 52.3 cm³/mol. The van der Waals surface area contributed by atoms with Gasteiger partial charge in [0.15, 0.2) is 0 Å². The highest BCUT2D eigenvalue weighted by Gasteiger charge is 1.96. The molecular formula is C9H10NO2S-. The molecule has 1 aromatic carbocycles. The Morgan fingerprint density at radius 1 is 1.54 bits per heavy atom. The maximum absolute atomic E-state index is 10.2. The van der Waals surface area contributed by atoms with E-state index in [9.17, 15) is 8.76 Å². The first-order valence-corrected chi connectivity index (χ1v) is 4.84. The van der Waals surface area contributed by atoms with Crippen LogP contribution in [0.2, 0.25) is 0 Å². The average molecular weight is 196 g/mol. The van der Waals surface area contributed by atoms with Crippen molar-refractivity contribution in [3.63, 3.8) is 0 Å². The molecule has 0 aromatic heterocycles. The van der Waals surface area contributed by atoms with Gasteiger partial charge in [-0.05, 0) is 11.1 Å². The van der Waals surface area contributed by atoms with Crippen molar-refractivity contribution in [1.29, 1.82) is 0 Å². The molecule has 1 aromatic rings. The summed E-state index contributed by atoms with van der Waals surface area (Å²) in [5.41, 5.74) is 1.86. The van der Waals surface area contributed by atoms with Crippen LogP contribution in [0.25, 0.3) is 6.08 Å². The largest absolute Gasteiger partial charge is 0.760 e. The minimum Gasteiger partial charge on any atom is -0.760 e. The minimum absolute atomic E-state index is 0.304. The lowest BCUT2D eigenvalue weighted by Gasteiger charge is -2.09. The molecule has 0 radical (unpaired) electrons. The topological polar surface area (TPSA) is 52.2 Å². The van der Waals surface area contributed by atoms with Crippen LogP contribution < -0.4 is 4.72 Å². The molecule has 0 aliphatic carbocycles. The van der Waals surface area contributed by atoms with Crippen LogP contribution >= 0.6 is 0 Å². The van der Waals surface area contributed by atoms with E-state index in [4.69, 9.17) is 0 Å². The van der Waals surface area contributed by atoms with Gasteiger partial charge in [-0.1, -0.05) is 36.9 Å². The second-order valence-corrected chi connectivity index (χ2v) is 3.22. The zero-order chi connectivity index (χ0) is 9.68. The molecule has 0 spiro atoms. The van der Waals surface area contributed by atoms with Crippen LogP contribution in [0.1, 0.15) is 11.1 Å². The second kappa shape index (κ2) is 4.91. The van der Waals surface area contributed by atoms with Gasteiger partial charge in [-0.25, -0.2) is 4.72 Å². The zero-order valence-corrected chi connectivity index (χ0v) is 7.84. The lowest BCUT2D eigenvalue weighted by Crippen LogP contribution is -2.16. The summed E-state index contributed by atoms with van der Waals surface area (Å²) >= 11 is -2.21. The molecule has 1 atom stereocenters. The van der Waals surface area contributed by atoms with Crippen LogP contribution in [0.4, 0.5) is 0 Å². The zero-order valence-electron chi connectivity index (χ0n) is 7.03. The summed E-state index contributed by atoms with van der Waals surface area (Å²) < 4.78 is 22.8. The van der Waals surface area contributed by atoms with Crippen molar-refractivity contribution < 1.29 is 8.76 Å². The molecule has 0 bridgehead atoms. The summed E-state index contributed by atoms with van der Waals surface area (Å²) in [5, 5.41) is 0. The van der Waals surface area contributed by atoms with Crippen molar-refractivity contribution in [3.05, 3.63) is 42.0 Å². The normalized spacial score (nSPS) is 12.4. The second-order valence-electron chi connectivity index (χ2n) is 2.46. The van der Waals surface area contributed by atoms with Crippen molar-refractivity contribution in [2.45, 2.75) is 6.54 Å². The molecule has 1 unspecified atom stereocenters. The molecule has 70 valence electrons. The Bertz CT molecular complexity index is 325. The van der Waals surface area contributed by atoms with Crippen molar-refractivity contribution in [3.8, 4) is 0 Å². The third-order valence-corrected chi connectivity index (χ3v) is 2.04. The Labute approximate surface area is 79.9 Å². The van der Waals surface area contributed by atoms with Crippen LogP contribution in [-0.2, 0) is 17.8 Å². The van der Waals surface area contributed by atoms with Crippen LogP contribution in [0.3, 0.4) is 0 Å². The fraction of sp³-hybridized carbons (Fsp3) is 0.111. The van der Waals surface area contributed by atoms with E-state index in [2.05, 4.69) is 11.3 Å². The van der Waals surface area contributed by atoms with Gasteiger partial charge in [0.05, 0.1) is 0 Å². The SMILES string of the molecule is C=Cc1ccccc1CNS(=O)[O-]. The van der Waals surface area contributed by atoms with Crippen molar-refractivity contribution in [1.82, 2.24) is 4.72 Å². The molecule has 1 rings (SSSR count). The monoisotopic (exact) mass is 196 g/mol. The fourth-order valence-electron chi connectivity index (χ4n) is 1.03. The van der Waals surface area contributed by atoms with E-state index >= 15 is 0 Å². The number of hydrogen-bond acceptors (Lipinski definition) is 2. The van der Waals surface area contributed by atoms with Gasteiger partial charge in [-0.2, -0.15) is 0 Å². The highest BCUT2D eigenvalue weighted by Crippen LogP contribution is 2.09. The fourth-order valence-corrected chi connectivity index (χ4v) is 1.30. The quantitative estimate of drug-likeness (QED) is 0.736. The Hall–Kier alpha value is -0.970. The smallest absolute Gasteiger partial charge is 0.0328 e. The maximum atomic E-state index is 10.2. The maximum Gasteiger partial charge on any atom is 0.0328 e. The van der Waals surface area contributed by atoms with Gasteiger partial charge in [0, 0.05) is 17.8 Å². The molecule has 4 heteroatoms. The summed E-state index contributed by atoms with van der Waals surface area (Å²) in [7, 11) is 0. The van der Waals surface area contributed by atoms with Gasteiger partial charge in [-0.15, -0.1) is 0 Å². The summed E-state index contributed by atoms with van der Waals surface area (Å²) in [6.45, 7) is 3.94. The number of hydrogen-bond donors (Lipinski definition) is 1. The first kappa shape index (κ1) is 10.1. The molecular weight excluding hydrogens is 186 g/mol. The molecule has 13 heavy (non-hydrogen) atoms. The highest BCUT2D eigenvalue weighted by molar-refractivity contribution is 7.77. The Balaban J connectivity index is 2.75. The van der Waals surface area contributed by atoms with E-state index in [0.29, 0.717) is 6.54 Å². The van der Waals surface area contributed by atoms with Gasteiger partial charge in [0.2, 0.25) is 0 Å². The molecule has 0 amide bonds. The van der Waals surface area contributed by atoms with Gasteiger partial charge in [0.25, 0.3) is 0 Å². The lowest BCUT2D eigenvalue weighted by atomic mass is 10.1. The summed E-state index contributed by atoms with van der Waals surface area (Å²) in [4.78, 5) is 0. The minimum atomic E-state index is -2.21. The van der Waals surface area contributed by atoms with E-state index in [-0.39, 0.29) is 0 Å².